The van der Waals surface area contributed by atoms with Crippen molar-refractivity contribution in [2.45, 2.75) is 59.4 Å². The fraction of sp³-hybridized carbons (Fsp3) is 1.00. The summed E-state index contributed by atoms with van der Waals surface area (Å²) in [5, 5.41) is 3.56. The van der Waals surface area contributed by atoms with E-state index in [0.717, 1.165) is 6.54 Å². The van der Waals surface area contributed by atoms with Crippen LogP contribution in [0.15, 0.2) is 0 Å². The molecule has 0 atom stereocenters. The van der Waals surface area contributed by atoms with Gasteiger partial charge in [0.2, 0.25) is 0 Å². The molecule has 0 amide bonds. The Morgan fingerprint density at radius 2 is 1.81 bits per heavy atom. The molecular formula is C14H30N2. The van der Waals surface area contributed by atoms with E-state index in [2.05, 4.69) is 44.8 Å². The van der Waals surface area contributed by atoms with Crippen LogP contribution in [0.5, 0.6) is 0 Å². The third-order valence-corrected chi connectivity index (χ3v) is 4.13. The van der Waals surface area contributed by atoms with Crippen molar-refractivity contribution >= 4 is 0 Å². The summed E-state index contributed by atoms with van der Waals surface area (Å²) in [5.41, 5.74) is 0.877. The van der Waals surface area contributed by atoms with Gasteiger partial charge in [0.15, 0.2) is 0 Å². The molecule has 0 bridgehead atoms. The topological polar surface area (TPSA) is 15.3 Å². The maximum absolute atomic E-state index is 3.56. The maximum atomic E-state index is 3.56. The van der Waals surface area contributed by atoms with Gasteiger partial charge in [0.05, 0.1) is 0 Å². The van der Waals surface area contributed by atoms with Crippen molar-refractivity contribution in [3.8, 4) is 0 Å². The summed E-state index contributed by atoms with van der Waals surface area (Å²) in [6, 6.07) is 0. The lowest BCUT2D eigenvalue weighted by molar-refractivity contribution is 0.0428. The van der Waals surface area contributed by atoms with Crippen LogP contribution in [0.3, 0.4) is 0 Å². The van der Waals surface area contributed by atoms with Gasteiger partial charge >= 0.3 is 0 Å². The zero-order valence-electron chi connectivity index (χ0n) is 11.9. The van der Waals surface area contributed by atoms with Gasteiger partial charge in [-0.3, -0.25) is 4.90 Å². The summed E-state index contributed by atoms with van der Waals surface area (Å²) in [6.07, 6.45) is 3.83. The molecule has 0 unspecified atom stereocenters. The molecule has 2 heteroatoms. The summed E-state index contributed by atoms with van der Waals surface area (Å²) in [5.74, 6) is 0. The van der Waals surface area contributed by atoms with Crippen LogP contribution in [-0.4, -0.2) is 36.6 Å². The highest BCUT2D eigenvalue weighted by Gasteiger charge is 2.35. The number of rotatable bonds is 4. The van der Waals surface area contributed by atoms with Gasteiger partial charge in [-0.2, -0.15) is 0 Å². The molecule has 16 heavy (non-hydrogen) atoms. The van der Waals surface area contributed by atoms with E-state index in [0.29, 0.717) is 11.0 Å². The summed E-state index contributed by atoms with van der Waals surface area (Å²) in [4.78, 5) is 2.73. The monoisotopic (exact) mass is 226 g/mol. The Hall–Kier alpha value is -0.0800. The molecule has 0 radical (unpaired) electrons. The molecule has 2 nitrogen and oxygen atoms in total. The first kappa shape index (κ1) is 14.0. The summed E-state index contributed by atoms with van der Waals surface area (Å²) < 4.78 is 0. The molecule has 1 aliphatic heterocycles. The van der Waals surface area contributed by atoms with E-state index in [-0.39, 0.29) is 0 Å². The largest absolute Gasteiger partial charge is 0.314 e. The minimum Gasteiger partial charge on any atom is -0.314 e. The van der Waals surface area contributed by atoms with Crippen molar-refractivity contribution < 1.29 is 0 Å². The lowest BCUT2D eigenvalue weighted by atomic mass is 9.86. The van der Waals surface area contributed by atoms with E-state index < -0.39 is 0 Å². The normalized spacial score (nSPS) is 22.3. The standard InChI is InChI=1S/C14H30N2/c1-6-14(7-2)12-15-9-11-16(14)10-8-13(3,4)5/h15H,6-12H2,1-5H3. The van der Waals surface area contributed by atoms with E-state index in [1.165, 1.54) is 38.9 Å². The van der Waals surface area contributed by atoms with Gasteiger partial charge in [0.25, 0.3) is 0 Å². The Labute approximate surface area is 102 Å². The zero-order valence-corrected chi connectivity index (χ0v) is 11.9. The lowest BCUT2D eigenvalue weighted by Crippen LogP contribution is -2.61. The number of hydrogen-bond donors (Lipinski definition) is 1. The van der Waals surface area contributed by atoms with Gasteiger partial charge in [0, 0.05) is 25.2 Å². The van der Waals surface area contributed by atoms with Crippen LogP contribution in [0, 0.1) is 5.41 Å². The number of nitrogens with one attached hydrogen (secondary N) is 1. The Morgan fingerprint density at radius 1 is 1.19 bits per heavy atom. The highest BCUT2D eigenvalue weighted by Crippen LogP contribution is 2.28. The molecule has 1 N–H and O–H groups in total. The Morgan fingerprint density at radius 3 is 2.31 bits per heavy atom. The Bertz CT molecular complexity index is 201. The second kappa shape index (κ2) is 5.50. The number of piperazine rings is 1. The highest BCUT2D eigenvalue weighted by molar-refractivity contribution is 4.94. The van der Waals surface area contributed by atoms with E-state index in [4.69, 9.17) is 0 Å². The van der Waals surface area contributed by atoms with Gasteiger partial charge in [-0.1, -0.05) is 34.6 Å². The summed E-state index contributed by atoms with van der Waals surface area (Å²) >= 11 is 0. The zero-order chi connectivity index (χ0) is 12.2. The molecule has 96 valence electrons. The van der Waals surface area contributed by atoms with Crippen LogP contribution in [0.4, 0.5) is 0 Å². The molecule has 1 heterocycles. The summed E-state index contributed by atoms with van der Waals surface area (Å²) in [6.45, 7) is 16.5. The molecule has 0 aromatic rings. The first-order valence-electron chi connectivity index (χ1n) is 6.89. The SMILES string of the molecule is CCC1(CC)CNCCN1CCC(C)(C)C. The second-order valence-electron chi connectivity index (χ2n) is 6.41. The first-order valence-corrected chi connectivity index (χ1v) is 6.89. The number of nitrogens with zero attached hydrogens (tertiary/aromatic N) is 1. The fourth-order valence-electron chi connectivity index (χ4n) is 2.65. The second-order valence-corrected chi connectivity index (χ2v) is 6.41. The predicted octanol–water partition coefficient (Wildman–Crippen LogP) is 2.89. The van der Waals surface area contributed by atoms with Gasteiger partial charge in [-0.15, -0.1) is 0 Å². The molecule has 1 saturated heterocycles. The fourth-order valence-corrected chi connectivity index (χ4v) is 2.65. The van der Waals surface area contributed by atoms with E-state index in [1.54, 1.807) is 0 Å². The van der Waals surface area contributed by atoms with Crippen LogP contribution in [0.2, 0.25) is 0 Å². The van der Waals surface area contributed by atoms with Crippen LogP contribution in [-0.2, 0) is 0 Å². The highest BCUT2D eigenvalue weighted by atomic mass is 15.3. The molecule has 0 aromatic heterocycles. The minimum atomic E-state index is 0.420. The predicted molar refractivity (Wildman–Crippen MR) is 71.8 cm³/mol. The average molecular weight is 226 g/mol. The van der Waals surface area contributed by atoms with Gasteiger partial charge < -0.3 is 5.32 Å². The van der Waals surface area contributed by atoms with Crippen molar-refractivity contribution in [1.29, 1.82) is 0 Å². The van der Waals surface area contributed by atoms with E-state index in [9.17, 15) is 0 Å². The van der Waals surface area contributed by atoms with Crippen molar-refractivity contribution in [2.75, 3.05) is 26.2 Å². The van der Waals surface area contributed by atoms with E-state index >= 15 is 0 Å². The van der Waals surface area contributed by atoms with Crippen LogP contribution < -0.4 is 5.32 Å². The van der Waals surface area contributed by atoms with Crippen LogP contribution >= 0.6 is 0 Å². The maximum Gasteiger partial charge on any atom is 0.0329 e. The molecule has 0 aliphatic carbocycles. The minimum absolute atomic E-state index is 0.420. The molecule has 1 rings (SSSR count). The molecular weight excluding hydrogens is 196 g/mol. The third kappa shape index (κ3) is 3.46. The van der Waals surface area contributed by atoms with Crippen molar-refractivity contribution in [1.82, 2.24) is 10.2 Å². The van der Waals surface area contributed by atoms with Crippen molar-refractivity contribution in [3.63, 3.8) is 0 Å². The smallest absolute Gasteiger partial charge is 0.0329 e. The first-order chi connectivity index (χ1) is 7.43. The Balaban J connectivity index is 2.60. The molecule has 1 aliphatic rings. The average Bonchev–Trinajstić information content (AvgIpc) is 2.25. The lowest BCUT2D eigenvalue weighted by Gasteiger charge is -2.47. The third-order valence-electron chi connectivity index (χ3n) is 4.13. The molecule has 0 spiro atoms. The van der Waals surface area contributed by atoms with Crippen LogP contribution in [0.25, 0.3) is 0 Å². The molecule has 1 fully saturated rings. The molecule has 0 aromatic carbocycles. The van der Waals surface area contributed by atoms with Gasteiger partial charge in [-0.05, 0) is 31.2 Å². The quantitative estimate of drug-likeness (QED) is 0.793. The van der Waals surface area contributed by atoms with Gasteiger partial charge in [0.1, 0.15) is 0 Å². The van der Waals surface area contributed by atoms with E-state index in [1.807, 2.05) is 0 Å². The molecule has 0 saturated carbocycles. The van der Waals surface area contributed by atoms with Crippen molar-refractivity contribution in [3.05, 3.63) is 0 Å². The summed E-state index contributed by atoms with van der Waals surface area (Å²) in [7, 11) is 0. The van der Waals surface area contributed by atoms with Crippen molar-refractivity contribution in [2.24, 2.45) is 5.41 Å². The van der Waals surface area contributed by atoms with Crippen LogP contribution in [0.1, 0.15) is 53.9 Å². The van der Waals surface area contributed by atoms with Gasteiger partial charge in [-0.25, -0.2) is 0 Å². The number of hydrogen-bond acceptors (Lipinski definition) is 2. The Kier molecular flexibility index (Phi) is 4.81.